The van der Waals surface area contributed by atoms with E-state index in [0.717, 1.165) is 44.1 Å². The topological polar surface area (TPSA) is 62.5 Å². The second kappa shape index (κ2) is 8.75. The highest BCUT2D eigenvalue weighted by Crippen LogP contribution is 2.20. The Morgan fingerprint density at radius 1 is 0.897 bits per heavy atom. The van der Waals surface area contributed by atoms with Crippen LogP contribution in [-0.4, -0.2) is 37.0 Å². The highest BCUT2D eigenvalue weighted by molar-refractivity contribution is 6.04. The quantitative estimate of drug-likeness (QED) is 0.539. The highest BCUT2D eigenvalue weighted by atomic mass is 16.5. The molecule has 148 valence electrons. The molecule has 0 radical (unpaired) electrons. The molecule has 4 rings (SSSR count). The third kappa shape index (κ3) is 4.92. The van der Waals surface area contributed by atoms with Crippen molar-refractivity contribution in [2.75, 3.05) is 36.4 Å². The Labute approximate surface area is 170 Å². The molecule has 1 aliphatic heterocycles. The largest absolute Gasteiger partial charge is 0.619 e. The number of carbonyl (C=O) groups is 1. The first-order chi connectivity index (χ1) is 14.2. The number of anilines is 2. The van der Waals surface area contributed by atoms with Gasteiger partial charge in [-0.25, -0.2) is 0 Å². The lowest BCUT2D eigenvalue weighted by molar-refractivity contribution is -0.605. The van der Waals surface area contributed by atoms with Gasteiger partial charge in [-0.1, -0.05) is 30.3 Å². The van der Waals surface area contributed by atoms with E-state index in [9.17, 15) is 10.0 Å². The van der Waals surface area contributed by atoms with Crippen LogP contribution in [0.4, 0.5) is 11.4 Å². The van der Waals surface area contributed by atoms with E-state index in [2.05, 4.69) is 45.4 Å². The van der Waals surface area contributed by atoms with Gasteiger partial charge in [-0.2, -0.15) is 4.73 Å². The maximum absolute atomic E-state index is 12.3. The van der Waals surface area contributed by atoms with E-state index >= 15 is 0 Å². The predicted molar refractivity (Wildman–Crippen MR) is 114 cm³/mol. The molecule has 6 nitrogen and oxygen atoms in total. The summed E-state index contributed by atoms with van der Waals surface area (Å²) in [6.07, 6.45) is 2.63. The lowest BCUT2D eigenvalue weighted by atomic mass is 10.2. The van der Waals surface area contributed by atoms with Crippen LogP contribution >= 0.6 is 0 Å². The number of hydrogen-bond acceptors (Lipinski definition) is 4. The molecule has 0 unspecified atom stereocenters. The van der Waals surface area contributed by atoms with Gasteiger partial charge in [0.15, 0.2) is 12.4 Å². The average Bonchev–Trinajstić information content (AvgIpc) is 2.76. The molecule has 1 saturated heterocycles. The van der Waals surface area contributed by atoms with Gasteiger partial charge in [-0.05, 0) is 29.8 Å². The SMILES string of the molecule is O=C(Nc1ccc(N2CCN(Cc3ccccc3)CC2)cc1)c1cc[n+]([O-])cc1. The van der Waals surface area contributed by atoms with E-state index < -0.39 is 0 Å². The molecule has 1 amide bonds. The van der Waals surface area contributed by atoms with Crippen LogP contribution in [0, 0.1) is 5.21 Å². The van der Waals surface area contributed by atoms with Gasteiger partial charge in [-0.3, -0.25) is 9.69 Å². The Balaban J connectivity index is 1.30. The van der Waals surface area contributed by atoms with Gasteiger partial charge in [0.2, 0.25) is 0 Å². The van der Waals surface area contributed by atoms with E-state index in [1.165, 1.54) is 30.1 Å². The number of pyridine rings is 1. The predicted octanol–water partition coefficient (Wildman–Crippen LogP) is 2.89. The van der Waals surface area contributed by atoms with Crippen molar-refractivity contribution in [1.82, 2.24) is 4.90 Å². The first kappa shape index (κ1) is 19.0. The summed E-state index contributed by atoms with van der Waals surface area (Å²) in [4.78, 5) is 17.1. The maximum Gasteiger partial charge on any atom is 0.256 e. The standard InChI is InChI=1S/C23H24N4O2/c28-23(20-10-12-27(29)13-11-20)24-21-6-8-22(9-7-21)26-16-14-25(15-17-26)18-19-4-2-1-3-5-19/h1-13H,14-18H2,(H,24,28). The molecular formula is C23H24N4O2. The second-order valence-electron chi connectivity index (χ2n) is 7.20. The van der Waals surface area contributed by atoms with Crippen LogP contribution < -0.4 is 14.9 Å². The molecular weight excluding hydrogens is 364 g/mol. The van der Waals surface area contributed by atoms with Crippen molar-refractivity contribution in [1.29, 1.82) is 0 Å². The minimum atomic E-state index is -0.229. The fourth-order valence-corrected chi connectivity index (χ4v) is 3.53. The van der Waals surface area contributed by atoms with Gasteiger partial charge in [-0.15, -0.1) is 0 Å². The zero-order valence-corrected chi connectivity index (χ0v) is 16.2. The van der Waals surface area contributed by atoms with Crippen LogP contribution in [-0.2, 0) is 6.54 Å². The molecule has 29 heavy (non-hydrogen) atoms. The van der Waals surface area contributed by atoms with Gasteiger partial charge in [0.1, 0.15) is 0 Å². The number of aromatic nitrogens is 1. The number of hydrogen-bond donors (Lipinski definition) is 1. The molecule has 6 heteroatoms. The first-order valence-electron chi connectivity index (χ1n) is 9.79. The van der Waals surface area contributed by atoms with Crippen LogP contribution in [0.15, 0.2) is 79.1 Å². The van der Waals surface area contributed by atoms with Crippen molar-refractivity contribution in [2.24, 2.45) is 0 Å². The first-order valence-corrected chi connectivity index (χ1v) is 9.79. The Kier molecular flexibility index (Phi) is 5.72. The smallest absolute Gasteiger partial charge is 0.256 e. The molecule has 0 bridgehead atoms. The van der Waals surface area contributed by atoms with Gasteiger partial charge < -0.3 is 15.4 Å². The minimum Gasteiger partial charge on any atom is -0.619 e. The normalized spacial score (nSPS) is 14.6. The molecule has 2 aromatic carbocycles. The van der Waals surface area contributed by atoms with E-state index in [-0.39, 0.29) is 5.91 Å². The number of carbonyl (C=O) groups excluding carboxylic acids is 1. The van der Waals surface area contributed by atoms with Crippen molar-refractivity contribution in [3.05, 3.63) is 95.5 Å². The van der Waals surface area contributed by atoms with E-state index in [0.29, 0.717) is 10.3 Å². The van der Waals surface area contributed by atoms with E-state index in [4.69, 9.17) is 0 Å². The summed E-state index contributed by atoms with van der Waals surface area (Å²) in [6.45, 7) is 5.02. The summed E-state index contributed by atoms with van der Waals surface area (Å²) in [6, 6.07) is 21.5. The molecule has 1 N–H and O–H groups in total. The maximum atomic E-state index is 12.3. The summed E-state index contributed by atoms with van der Waals surface area (Å²) >= 11 is 0. The summed E-state index contributed by atoms with van der Waals surface area (Å²) in [5.41, 5.74) is 3.70. The summed E-state index contributed by atoms with van der Waals surface area (Å²) in [5, 5.41) is 13.9. The molecule has 0 saturated carbocycles. The van der Waals surface area contributed by atoms with E-state index in [1.54, 1.807) is 0 Å². The van der Waals surface area contributed by atoms with Crippen LogP contribution in [0.2, 0.25) is 0 Å². The number of amides is 1. The zero-order valence-electron chi connectivity index (χ0n) is 16.2. The van der Waals surface area contributed by atoms with Crippen LogP contribution in [0.3, 0.4) is 0 Å². The minimum absolute atomic E-state index is 0.229. The van der Waals surface area contributed by atoms with Crippen molar-refractivity contribution in [3.63, 3.8) is 0 Å². The molecule has 2 heterocycles. The van der Waals surface area contributed by atoms with Crippen molar-refractivity contribution in [2.45, 2.75) is 6.54 Å². The number of nitrogens with one attached hydrogen (secondary N) is 1. The van der Waals surface area contributed by atoms with Gasteiger partial charge in [0.05, 0.1) is 5.56 Å². The molecule has 3 aromatic rings. The summed E-state index contributed by atoms with van der Waals surface area (Å²) < 4.78 is 0.658. The van der Waals surface area contributed by atoms with Crippen molar-refractivity contribution < 1.29 is 9.52 Å². The molecule has 0 atom stereocenters. The molecule has 1 aromatic heterocycles. The molecule has 0 aliphatic carbocycles. The third-order valence-electron chi connectivity index (χ3n) is 5.18. The average molecular weight is 388 g/mol. The van der Waals surface area contributed by atoms with Crippen molar-refractivity contribution in [3.8, 4) is 0 Å². The van der Waals surface area contributed by atoms with Crippen LogP contribution in [0.5, 0.6) is 0 Å². The van der Waals surface area contributed by atoms with E-state index in [1.807, 2.05) is 24.3 Å². The number of rotatable bonds is 5. The van der Waals surface area contributed by atoms with Gasteiger partial charge in [0, 0.05) is 56.2 Å². The van der Waals surface area contributed by atoms with Crippen LogP contribution in [0.1, 0.15) is 15.9 Å². The lowest BCUT2D eigenvalue weighted by Gasteiger charge is -2.36. The Hall–Kier alpha value is -3.38. The van der Waals surface area contributed by atoms with Gasteiger partial charge in [0.25, 0.3) is 5.91 Å². The third-order valence-corrected chi connectivity index (χ3v) is 5.18. The highest BCUT2D eigenvalue weighted by Gasteiger charge is 2.17. The van der Waals surface area contributed by atoms with Gasteiger partial charge >= 0.3 is 0 Å². The van der Waals surface area contributed by atoms with Crippen LogP contribution in [0.25, 0.3) is 0 Å². The Bertz CT molecular complexity index is 935. The lowest BCUT2D eigenvalue weighted by Crippen LogP contribution is -2.45. The molecule has 1 fully saturated rings. The van der Waals surface area contributed by atoms with Crippen molar-refractivity contribution >= 4 is 17.3 Å². The Morgan fingerprint density at radius 3 is 2.21 bits per heavy atom. The zero-order chi connectivity index (χ0) is 20.1. The monoisotopic (exact) mass is 388 g/mol. The Morgan fingerprint density at radius 2 is 1.55 bits per heavy atom. The fourth-order valence-electron chi connectivity index (χ4n) is 3.53. The fraction of sp³-hybridized carbons (Fsp3) is 0.217. The number of benzene rings is 2. The second-order valence-corrected chi connectivity index (χ2v) is 7.20. The molecule has 1 aliphatic rings. The molecule has 0 spiro atoms. The number of piperazine rings is 1. The summed E-state index contributed by atoms with van der Waals surface area (Å²) in [5.74, 6) is -0.229. The number of nitrogens with zero attached hydrogens (tertiary/aromatic N) is 3. The summed E-state index contributed by atoms with van der Waals surface area (Å²) in [7, 11) is 0.